The van der Waals surface area contributed by atoms with Crippen molar-refractivity contribution in [3.8, 4) is 17.2 Å². The highest BCUT2D eigenvalue weighted by atomic mass is 127. The standard InChI is InChI=1S/C22H28N6O2.HI/c1-23-22(24-15-21-26-25-16-28(21)18-8-6-5-7-9-18)27(2)13-12-17-10-11-19(29-3)20(14-17)30-4;/h5-11,14,16H,12-13,15H2,1-4H3,(H,23,24);1H. The molecule has 9 heteroatoms. The van der Waals surface area contributed by atoms with Crippen molar-refractivity contribution in [3.63, 3.8) is 0 Å². The van der Waals surface area contributed by atoms with Crippen molar-refractivity contribution < 1.29 is 9.47 Å². The molecule has 31 heavy (non-hydrogen) atoms. The average Bonchev–Trinajstić information content (AvgIpc) is 3.27. The first kappa shape index (κ1) is 24.4. The van der Waals surface area contributed by atoms with Crippen molar-refractivity contribution >= 4 is 29.9 Å². The van der Waals surface area contributed by atoms with E-state index < -0.39 is 0 Å². The summed E-state index contributed by atoms with van der Waals surface area (Å²) in [4.78, 5) is 6.48. The third-order valence-electron chi connectivity index (χ3n) is 4.81. The van der Waals surface area contributed by atoms with Crippen LogP contribution in [-0.2, 0) is 13.0 Å². The van der Waals surface area contributed by atoms with E-state index in [0.29, 0.717) is 6.54 Å². The molecule has 1 N–H and O–H groups in total. The molecule has 0 radical (unpaired) electrons. The number of hydrogen-bond acceptors (Lipinski definition) is 5. The van der Waals surface area contributed by atoms with Crippen LogP contribution in [0.3, 0.4) is 0 Å². The zero-order valence-electron chi connectivity index (χ0n) is 18.3. The number of guanidine groups is 1. The van der Waals surface area contributed by atoms with Gasteiger partial charge in [-0.2, -0.15) is 0 Å². The van der Waals surface area contributed by atoms with Gasteiger partial charge < -0.3 is 19.7 Å². The van der Waals surface area contributed by atoms with Crippen molar-refractivity contribution in [1.82, 2.24) is 25.0 Å². The number of para-hydroxylation sites is 1. The molecule has 0 fully saturated rings. The van der Waals surface area contributed by atoms with E-state index in [1.807, 2.05) is 60.1 Å². The number of benzene rings is 2. The predicted molar refractivity (Wildman–Crippen MR) is 133 cm³/mol. The minimum atomic E-state index is 0. The monoisotopic (exact) mass is 536 g/mol. The summed E-state index contributed by atoms with van der Waals surface area (Å²) in [7, 11) is 7.07. The Bertz CT molecular complexity index is 977. The lowest BCUT2D eigenvalue weighted by Gasteiger charge is -2.22. The highest BCUT2D eigenvalue weighted by Crippen LogP contribution is 2.27. The van der Waals surface area contributed by atoms with Gasteiger partial charge in [0.2, 0.25) is 0 Å². The van der Waals surface area contributed by atoms with E-state index in [1.165, 1.54) is 5.56 Å². The molecule has 3 aromatic rings. The van der Waals surface area contributed by atoms with Crippen LogP contribution >= 0.6 is 24.0 Å². The lowest BCUT2D eigenvalue weighted by molar-refractivity contribution is 0.354. The van der Waals surface area contributed by atoms with Crippen LogP contribution in [0, 0.1) is 0 Å². The van der Waals surface area contributed by atoms with Crippen LogP contribution in [0.25, 0.3) is 5.69 Å². The molecule has 0 amide bonds. The minimum absolute atomic E-state index is 0. The van der Waals surface area contributed by atoms with Gasteiger partial charge in [0, 0.05) is 26.3 Å². The van der Waals surface area contributed by atoms with Gasteiger partial charge in [0.25, 0.3) is 0 Å². The predicted octanol–water partition coefficient (Wildman–Crippen LogP) is 3.15. The number of aromatic nitrogens is 3. The quantitative estimate of drug-likeness (QED) is 0.271. The zero-order chi connectivity index (χ0) is 21.3. The Morgan fingerprint density at radius 2 is 1.84 bits per heavy atom. The Balaban J connectivity index is 0.00000341. The van der Waals surface area contributed by atoms with Crippen LogP contribution < -0.4 is 14.8 Å². The normalized spacial score (nSPS) is 10.9. The van der Waals surface area contributed by atoms with Crippen LogP contribution in [0.1, 0.15) is 11.4 Å². The number of likely N-dealkylation sites (N-methyl/N-ethyl adjacent to an activating group) is 1. The van der Waals surface area contributed by atoms with E-state index in [-0.39, 0.29) is 24.0 Å². The fourth-order valence-electron chi connectivity index (χ4n) is 3.17. The molecule has 1 heterocycles. The number of nitrogens with zero attached hydrogens (tertiary/aromatic N) is 5. The molecule has 8 nitrogen and oxygen atoms in total. The summed E-state index contributed by atoms with van der Waals surface area (Å²) < 4.78 is 12.7. The Hall–Kier alpha value is -2.82. The van der Waals surface area contributed by atoms with Crippen molar-refractivity contribution in [2.75, 3.05) is 34.9 Å². The van der Waals surface area contributed by atoms with E-state index >= 15 is 0 Å². The third-order valence-corrected chi connectivity index (χ3v) is 4.81. The lowest BCUT2D eigenvalue weighted by Crippen LogP contribution is -2.40. The van der Waals surface area contributed by atoms with Crippen molar-refractivity contribution in [3.05, 3.63) is 66.2 Å². The Morgan fingerprint density at radius 3 is 2.52 bits per heavy atom. The molecule has 166 valence electrons. The van der Waals surface area contributed by atoms with E-state index in [9.17, 15) is 0 Å². The molecule has 3 rings (SSSR count). The molecule has 2 aromatic carbocycles. The number of halogens is 1. The van der Waals surface area contributed by atoms with Crippen LogP contribution in [0.5, 0.6) is 11.5 Å². The minimum Gasteiger partial charge on any atom is -0.493 e. The number of nitrogens with one attached hydrogen (secondary N) is 1. The first-order valence-corrected chi connectivity index (χ1v) is 9.73. The van der Waals surface area contributed by atoms with Crippen LogP contribution in [0.4, 0.5) is 0 Å². The molecule has 0 unspecified atom stereocenters. The summed E-state index contributed by atoms with van der Waals surface area (Å²) in [5.74, 6) is 3.07. The molecule has 0 spiro atoms. The smallest absolute Gasteiger partial charge is 0.193 e. The van der Waals surface area contributed by atoms with Crippen molar-refractivity contribution in [2.45, 2.75) is 13.0 Å². The Morgan fingerprint density at radius 1 is 1.10 bits per heavy atom. The van der Waals surface area contributed by atoms with Gasteiger partial charge in [-0.05, 0) is 36.2 Å². The van der Waals surface area contributed by atoms with Gasteiger partial charge in [-0.3, -0.25) is 9.56 Å². The van der Waals surface area contributed by atoms with Gasteiger partial charge in [0.1, 0.15) is 6.33 Å². The summed E-state index contributed by atoms with van der Waals surface area (Å²) in [6, 6.07) is 16.0. The summed E-state index contributed by atoms with van der Waals surface area (Å²) in [5.41, 5.74) is 2.19. The highest BCUT2D eigenvalue weighted by molar-refractivity contribution is 14.0. The lowest BCUT2D eigenvalue weighted by atomic mass is 10.1. The molecule has 0 aliphatic rings. The molecule has 0 aliphatic carbocycles. The number of hydrogen-bond donors (Lipinski definition) is 1. The van der Waals surface area contributed by atoms with Crippen LogP contribution in [-0.4, -0.2) is 60.5 Å². The number of ether oxygens (including phenoxy) is 2. The van der Waals surface area contributed by atoms with E-state index in [0.717, 1.165) is 41.9 Å². The van der Waals surface area contributed by atoms with Crippen molar-refractivity contribution in [2.24, 2.45) is 4.99 Å². The second kappa shape index (κ2) is 12.1. The van der Waals surface area contributed by atoms with Gasteiger partial charge in [-0.1, -0.05) is 24.3 Å². The van der Waals surface area contributed by atoms with E-state index in [4.69, 9.17) is 9.47 Å². The van der Waals surface area contributed by atoms with Gasteiger partial charge >= 0.3 is 0 Å². The molecular formula is C22H29IN6O2. The summed E-state index contributed by atoms with van der Waals surface area (Å²) in [5, 5.41) is 11.7. The number of methoxy groups -OCH3 is 2. The Kier molecular flexibility index (Phi) is 9.57. The van der Waals surface area contributed by atoms with Gasteiger partial charge in [-0.15, -0.1) is 34.2 Å². The zero-order valence-corrected chi connectivity index (χ0v) is 20.6. The molecule has 0 saturated carbocycles. The van der Waals surface area contributed by atoms with Gasteiger partial charge in [0.15, 0.2) is 23.3 Å². The molecular weight excluding hydrogens is 507 g/mol. The largest absolute Gasteiger partial charge is 0.493 e. The first-order valence-electron chi connectivity index (χ1n) is 9.73. The van der Waals surface area contributed by atoms with Crippen LogP contribution in [0.15, 0.2) is 59.9 Å². The summed E-state index contributed by atoms with van der Waals surface area (Å²) in [6.07, 6.45) is 2.56. The maximum Gasteiger partial charge on any atom is 0.193 e. The molecule has 0 aliphatic heterocycles. The highest BCUT2D eigenvalue weighted by Gasteiger charge is 2.11. The maximum absolute atomic E-state index is 5.39. The fourth-order valence-corrected chi connectivity index (χ4v) is 3.17. The van der Waals surface area contributed by atoms with Gasteiger partial charge in [-0.25, -0.2) is 0 Å². The molecule has 1 aromatic heterocycles. The summed E-state index contributed by atoms with van der Waals surface area (Å²) >= 11 is 0. The first-order chi connectivity index (χ1) is 14.7. The number of rotatable bonds is 8. The number of aliphatic imine (C=N–C) groups is 1. The second-order valence-corrected chi connectivity index (χ2v) is 6.71. The van der Waals surface area contributed by atoms with Crippen molar-refractivity contribution in [1.29, 1.82) is 0 Å². The van der Waals surface area contributed by atoms with E-state index in [2.05, 4.69) is 25.4 Å². The summed E-state index contributed by atoms with van der Waals surface area (Å²) in [6.45, 7) is 1.31. The van der Waals surface area contributed by atoms with Crippen LogP contribution in [0.2, 0.25) is 0 Å². The van der Waals surface area contributed by atoms with Gasteiger partial charge in [0.05, 0.1) is 20.8 Å². The maximum atomic E-state index is 5.39. The molecule has 0 atom stereocenters. The Labute approximate surface area is 200 Å². The third kappa shape index (κ3) is 6.33. The fraction of sp³-hybridized carbons (Fsp3) is 0.318. The SMILES string of the molecule is CN=C(NCc1nncn1-c1ccccc1)N(C)CCc1ccc(OC)c(OC)c1.I. The molecule has 0 saturated heterocycles. The topological polar surface area (TPSA) is 76.8 Å². The average molecular weight is 536 g/mol. The second-order valence-electron chi connectivity index (χ2n) is 6.71. The molecule has 0 bridgehead atoms. The van der Waals surface area contributed by atoms with E-state index in [1.54, 1.807) is 27.6 Å².